The van der Waals surface area contributed by atoms with E-state index in [9.17, 15) is 5.11 Å². The van der Waals surface area contributed by atoms with Crippen molar-refractivity contribution in [1.82, 2.24) is 19.5 Å². The summed E-state index contributed by atoms with van der Waals surface area (Å²) < 4.78 is 1.60. The maximum atomic E-state index is 10.2. The summed E-state index contributed by atoms with van der Waals surface area (Å²) in [5.74, 6) is 0.473. The highest BCUT2D eigenvalue weighted by atomic mass is 35.5. The molecule has 6 nitrogen and oxygen atoms in total. The van der Waals surface area contributed by atoms with Crippen LogP contribution in [0.2, 0.25) is 5.02 Å². The second-order valence-electron chi connectivity index (χ2n) is 5.17. The smallest absolute Gasteiger partial charge is 0.243 e. The lowest BCUT2D eigenvalue weighted by molar-refractivity contribution is 0.0458. The molecule has 0 radical (unpaired) electrons. The molecule has 0 aliphatic heterocycles. The molecule has 0 bridgehead atoms. The molecule has 2 rings (SSSR count). The van der Waals surface area contributed by atoms with Gasteiger partial charge in [0.15, 0.2) is 5.65 Å². The van der Waals surface area contributed by atoms with Gasteiger partial charge < -0.3 is 15.3 Å². The minimum Gasteiger partial charge on any atom is -0.387 e. The third kappa shape index (κ3) is 3.79. The van der Waals surface area contributed by atoms with E-state index in [4.69, 9.17) is 11.6 Å². The van der Waals surface area contributed by atoms with Gasteiger partial charge in [-0.25, -0.2) is 4.52 Å². The fourth-order valence-electron chi connectivity index (χ4n) is 1.94. The molecular formula is C12H18ClN5O. The minimum absolute atomic E-state index is 0.371. The lowest BCUT2D eigenvalue weighted by Gasteiger charge is -2.26. The van der Waals surface area contributed by atoms with E-state index in [2.05, 4.69) is 15.4 Å². The zero-order chi connectivity index (χ0) is 14.0. The number of pyridine rings is 1. The number of hydrogen-bond acceptors (Lipinski definition) is 5. The average molecular weight is 284 g/mol. The summed E-state index contributed by atoms with van der Waals surface area (Å²) in [6.45, 7) is 2.70. The van der Waals surface area contributed by atoms with Crippen LogP contribution in [-0.4, -0.2) is 57.4 Å². The molecule has 1 atom stereocenters. The Kier molecular flexibility index (Phi) is 3.93. The third-order valence-electron chi connectivity index (χ3n) is 2.58. The van der Waals surface area contributed by atoms with Crippen LogP contribution >= 0.6 is 11.6 Å². The molecule has 0 aliphatic rings. The molecule has 0 aromatic carbocycles. The van der Waals surface area contributed by atoms with Crippen LogP contribution in [0.25, 0.3) is 5.65 Å². The van der Waals surface area contributed by atoms with Crippen molar-refractivity contribution < 1.29 is 5.11 Å². The first kappa shape index (κ1) is 14.0. The molecule has 2 aromatic heterocycles. The first-order valence-electron chi connectivity index (χ1n) is 5.99. The van der Waals surface area contributed by atoms with Crippen LogP contribution in [0.4, 0.5) is 5.95 Å². The molecule has 2 N–H and O–H groups in total. The van der Waals surface area contributed by atoms with Gasteiger partial charge in [-0.2, -0.15) is 4.98 Å². The summed E-state index contributed by atoms with van der Waals surface area (Å²) in [5, 5.41) is 18.1. The van der Waals surface area contributed by atoms with Crippen molar-refractivity contribution in [2.75, 3.05) is 32.5 Å². The molecule has 0 saturated carbocycles. The van der Waals surface area contributed by atoms with Crippen LogP contribution in [0.1, 0.15) is 6.92 Å². The van der Waals surface area contributed by atoms with E-state index in [1.807, 2.05) is 19.0 Å². The Morgan fingerprint density at radius 2 is 2.21 bits per heavy atom. The molecule has 19 heavy (non-hydrogen) atoms. The standard InChI is InChI=1S/C12H18ClN5O/c1-12(19,8-17(2)3)7-14-11-15-10-5-4-9(13)6-18(10)16-11/h4-6,19H,7-8H2,1-3H3,(H,14,16). The number of halogens is 1. The van der Waals surface area contributed by atoms with Crippen molar-refractivity contribution in [3.05, 3.63) is 23.4 Å². The molecule has 0 fully saturated rings. The first-order chi connectivity index (χ1) is 8.85. The van der Waals surface area contributed by atoms with Gasteiger partial charge in [0, 0.05) is 19.3 Å². The van der Waals surface area contributed by atoms with Gasteiger partial charge in [0.1, 0.15) is 0 Å². The monoisotopic (exact) mass is 283 g/mol. The molecule has 0 amide bonds. The average Bonchev–Trinajstić information content (AvgIpc) is 2.66. The van der Waals surface area contributed by atoms with Crippen molar-refractivity contribution in [2.45, 2.75) is 12.5 Å². The van der Waals surface area contributed by atoms with Crippen molar-refractivity contribution in [3.8, 4) is 0 Å². The minimum atomic E-state index is -0.849. The van der Waals surface area contributed by atoms with Crippen LogP contribution in [0.5, 0.6) is 0 Å². The highest BCUT2D eigenvalue weighted by Gasteiger charge is 2.21. The van der Waals surface area contributed by atoms with Gasteiger partial charge >= 0.3 is 0 Å². The number of likely N-dealkylation sites (N-methyl/N-ethyl adjacent to an activating group) is 1. The fourth-order valence-corrected chi connectivity index (χ4v) is 2.09. The molecule has 0 aliphatic carbocycles. The van der Waals surface area contributed by atoms with E-state index in [1.54, 1.807) is 29.8 Å². The summed E-state index contributed by atoms with van der Waals surface area (Å²) in [6, 6.07) is 3.55. The van der Waals surface area contributed by atoms with Crippen molar-refractivity contribution in [3.63, 3.8) is 0 Å². The normalized spacial score (nSPS) is 14.8. The summed E-state index contributed by atoms with van der Waals surface area (Å²) in [5.41, 5.74) is -0.141. The summed E-state index contributed by atoms with van der Waals surface area (Å²) in [6.07, 6.45) is 1.69. The zero-order valence-corrected chi connectivity index (χ0v) is 12.0. The van der Waals surface area contributed by atoms with Crippen molar-refractivity contribution in [2.24, 2.45) is 0 Å². The topological polar surface area (TPSA) is 65.7 Å². The van der Waals surface area contributed by atoms with Gasteiger partial charge in [0.25, 0.3) is 0 Å². The van der Waals surface area contributed by atoms with Gasteiger partial charge in [0.05, 0.1) is 10.6 Å². The number of aromatic nitrogens is 3. The Morgan fingerprint density at radius 1 is 1.47 bits per heavy atom. The van der Waals surface area contributed by atoms with Crippen LogP contribution in [0.3, 0.4) is 0 Å². The van der Waals surface area contributed by atoms with Gasteiger partial charge in [-0.15, -0.1) is 5.10 Å². The van der Waals surface area contributed by atoms with Gasteiger partial charge in [-0.1, -0.05) is 11.6 Å². The Balaban J connectivity index is 2.05. The number of nitrogens with zero attached hydrogens (tertiary/aromatic N) is 4. The quantitative estimate of drug-likeness (QED) is 0.860. The summed E-state index contributed by atoms with van der Waals surface area (Å²) in [7, 11) is 3.83. The van der Waals surface area contributed by atoms with E-state index in [-0.39, 0.29) is 0 Å². The predicted molar refractivity (Wildman–Crippen MR) is 75.7 cm³/mol. The van der Waals surface area contributed by atoms with Crippen LogP contribution in [-0.2, 0) is 0 Å². The second kappa shape index (κ2) is 5.32. The third-order valence-corrected chi connectivity index (χ3v) is 2.80. The Hall–Kier alpha value is -1.37. The molecule has 2 heterocycles. The number of aliphatic hydroxyl groups is 1. The zero-order valence-electron chi connectivity index (χ0n) is 11.3. The molecule has 7 heteroatoms. The van der Waals surface area contributed by atoms with Crippen LogP contribution in [0.15, 0.2) is 18.3 Å². The van der Waals surface area contributed by atoms with Crippen LogP contribution in [0, 0.1) is 0 Å². The number of anilines is 1. The Labute approximate surface area is 117 Å². The number of nitrogens with one attached hydrogen (secondary N) is 1. The molecular weight excluding hydrogens is 266 g/mol. The number of rotatable bonds is 5. The number of hydrogen-bond donors (Lipinski definition) is 2. The molecule has 1 unspecified atom stereocenters. The maximum absolute atomic E-state index is 10.2. The van der Waals surface area contributed by atoms with Crippen LogP contribution < -0.4 is 5.32 Å². The summed E-state index contributed by atoms with van der Waals surface area (Å²) in [4.78, 5) is 6.22. The molecule has 104 valence electrons. The van der Waals surface area contributed by atoms with Gasteiger partial charge in [0.2, 0.25) is 5.95 Å². The van der Waals surface area contributed by atoms with E-state index >= 15 is 0 Å². The molecule has 2 aromatic rings. The predicted octanol–water partition coefficient (Wildman–Crippen LogP) is 1.11. The second-order valence-corrected chi connectivity index (χ2v) is 5.61. The summed E-state index contributed by atoms with van der Waals surface area (Å²) >= 11 is 5.88. The maximum Gasteiger partial charge on any atom is 0.243 e. The molecule has 0 spiro atoms. The number of fused-ring (bicyclic) bond motifs is 1. The van der Waals surface area contributed by atoms with E-state index in [0.717, 1.165) is 0 Å². The lowest BCUT2D eigenvalue weighted by Crippen LogP contribution is -2.43. The van der Waals surface area contributed by atoms with Gasteiger partial charge in [-0.3, -0.25) is 0 Å². The highest BCUT2D eigenvalue weighted by molar-refractivity contribution is 6.30. The Bertz CT molecular complexity index is 566. The van der Waals surface area contributed by atoms with Crippen molar-refractivity contribution >= 4 is 23.2 Å². The molecule has 0 saturated heterocycles. The van der Waals surface area contributed by atoms with Gasteiger partial charge in [-0.05, 0) is 33.2 Å². The largest absolute Gasteiger partial charge is 0.387 e. The first-order valence-corrected chi connectivity index (χ1v) is 6.36. The SMILES string of the molecule is CN(C)CC(C)(O)CNc1nc2ccc(Cl)cn2n1. The van der Waals surface area contributed by atoms with E-state index in [1.165, 1.54) is 0 Å². The van der Waals surface area contributed by atoms with E-state index < -0.39 is 5.60 Å². The highest BCUT2D eigenvalue weighted by Crippen LogP contribution is 2.12. The fraction of sp³-hybridized carbons (Fsp3) is 0.500. The van der Waals surface area contributed by atoms with Crippen molar-refractivity contribution in [1.29, 1.82) is 0 Å². The lowest BCUT2D eigenvalue weighted by atomic mass is 10.1. The van der Waals surface area contributed by atoms with E-state index in [0.29, 0.717) is 29.7 Å². The Morgan fingerprint density at radius 3 is 2.89 bits per heavy atom.